The van der Waals surface area contributed by atoms with E-state index < -0.39 is 5.79 Å². The molecule has 0 N–H and O–H groups in total. The van der Waals surface area contributed by atoms with Crippen molar-refractivity contribution < 1.29 is 14.2 Å². The summed E-state index contributed by atoms with van der Waals surface area (Å²) in [5.74, 6) is -0.304. The summed E-state index contributed by atoms with van der Waals surface area (Å²) in [6, 6.07) is 22.6. The van der Waals surface area contributed by atoms with Crippen molar-refractivity contribution in [2.45, 2.75) is 38.3 Å². The highest BCUT2D eigenvalue weighted by Crippen LogP contribution is 2.40. The fourth-order valence-electron chi connectivity index (χ4n) is 6.17. The van der Waals surface area contributed by atoms with E-state index in [0.717, 1.165) is 48.0 Å². The summed E-state index contributed by atoms with van der Waals surface area (Å²) in [4.78, 5) is 15.0. The molecule has 5 aromatic rings. The first-order valence-corrected chi connectivity index (χ1v) is 17.7. The largest absolute Gasteiger partial charge is 0.491 e. The van der Waals surface area contributed by atoms with Gasteiger partial charge in [0, 0.05) is 78.2 Å². The quantitative estimate of drug-likeness (QED) is 0.150. The van der Waals surface area contributed by atoms with Crippen LogP contribution in [0.3, 0.4) is 0 Å². The Bertz CT molecular complexity index is 1890. The molecular formula is C36H38Cl2N6O3S. The average Bonchev–Trinajstić information content (AvgIpc) is 3.87. The van der Waals surface area contributed by atoms with E-state index >= 15 is 0 Å². The molecule has 0 spiro atoms. The van der Waals surface area contributed by atoms with E-state index in [-0.39, 0.29) is 6.10 Å². The number of benzene rings is 3. The van der Waals surface area contributed by atoms with E-state index in [4.69, 9.17) is 42.4 Å². The molecule has 2 atom stereocenters. The first-order chi connectivity index (χ1) is 23.3. The number of rotatable bonds is 10. The zero-order chi connectivity index (χ0) is 33.1. The van der Waals surface area contributed by atoms with Crippen LogP contribution in [0.2, 0.25) is 10.0 Å². The summed E-state index contributed by atoms with van der Waals surface area (Å²) in [5, 5.41) is 3.13. The first kappa shape index (κ1) is 32.7. The van der Waals surface area contributed by atoms with Crippen LogP contribution in [0.4, 0.5) is 17.1 Å². The second kappa shape index (κ2) is 14.4. The number of hydrogen-bond donors (Lipinski definition) is 0. The standard InChI is InChI=1S/C36H38Cl2N6O3S/c1-26(2)44-18-19-48-35(44)40-28-4-3-5-30(21-28)43-16-14-42(15-17-43)29-7-9-31(10-8-29)45-22-32-23-46-36(47-32,24-41-13-12-39-25-41)33-11-6-27(37)20-34(33)38/h3-13,18-21,25-26,32H,14-17,22-24H2,1-2H3. The minimum Gasteiger partial charge on any atom is -0.491 e. The topological polar surface area (TPSA) is 69.3 Å². The maximum Gasteiger partial charge on any atom is 0.215 e. The highest BCUT2D eigenvalue weighted by Gasteiger charge is 2.45. The lowest BCUT2D eigenvalue weighted by Crippen LogP contribution is -2.46. The molecular weight excluding hydrogens is 667 g/mol. The van der Waals surface area contributed by atoms with Crippen LogP contribution >= 0.6 is 34.5 Å². The average molecular weight is 706 g/mol. The van der Waals surface area contributed by atoms with Crippen LogP contribution in [0.1, 0.15) is 25.5 Å². The summed E-state index contributed by atoms with van der Waals surface area (Å²) in [6.45, 7) is 9.17. The highest BCUT2D eigenvalue weighted by atomic mass is 35.5. The molecule has 2 saturated heterocycles. The minimum atomic E-state index is -1.08. The van der Waals surface area contributed by atoms with E-state index in [1.807, 2.05) is 29.0 Å². The van der Waals surface area contributed by atoms with Gasteiger partial charge in [0.2, 0.25) is 5.79 Å². The smallest absolute Gasteiger partial charge is 0.215 e. The number of imidazole rings is 1. The Labute approximate surface area is 294 Å². The second-order valence-corrected chi connectivity index (χ2v) is 14.0. The number of nitrogens with zero attached hydrogens (tertiary/aromatic N) is 6. The van der Waals surface area contributed by atoms with Crippen LogP contribution in [-0.4, -0.2) is 59.6 Å². The van der Waals surface area contributed by atoms with Crippen LogP contribution in [0, 0.1) is 0 Å². The number of hydrogen-bond acceptors (Lipinski definition) is 8. The molecule has 2 aliphatic rings. The third-order valence-corrected chi connectivity index (χ3v) is 9.98. The Hall–Kier alpha value is -3.80. The maximum absolute atomic E-state index is 6.61. The fourth-order valence-corrected chi connectivity index (χ4v) is 7.59. The van der Waals surface area contributed by atoms with Gasteiger partial charge in [-0.2, -0.15) is 0 Å². The molecule has 0 bridgehead atoms. The van der Waals surface area contributed by atoms with Gasteiger partial charge < -0.3 is 33.1 Å². The van der Waals surface area contributed by atoms with Crippen molar-refractivity contribution in [1.82, 2.24) is 14.1 Å². The third-order valence-electron chi connectivity index (χ3n) is 8.66. The van der Waals surface area contributed by atoms with Gasteiger partial charge in [0.15, 0.2) is 4.80 Å². The number of piperazine rings is 1. The zero-order valence-corrected chi connectivity index (χ0v) is 29.2. The van der Waals surface area contributed by atoms with Gasteiger partial charge in [-0.15, -0.1) is 11.3 Å². The lowest BCUT2D eigenvalue weighted by molar-refractivity contribution is -0.189. The number of halogens is 2. The van der Waals surface area contributed by atoms with Gasteiger partial charge >= 0.3 is 0 Å². The summed E-state index contributed by atoms with van der Waals surface area (Å²) in [5.41, 5.74) is 4.08. The van der Waals surface area contributed by atoms with E-state index in [1.54, 1.807) is 36.0 Å². The van der Waals surface area contributed by atoms with Gasteiger partial charge in [0.25, 0.3) is 0 Å². The van der Waals surface area contributed by atoms with Gasteiger partial charge in [-0.05, 0) is 68.4 Å². The molecule has 250 valence electrons. The Morgan fingerprint density at radius 3 is 2.50 bits per heavy atom. The van der Waals surface area contributed by atoms with Crippen LogP contribution < -0.4 is 19.3 Å². The van der Waals surface area contributed by atoms with Crippen LogP contribution in [-0.2, 0) is 21.8 Å². The molecule has 7 rings (SSSR count). The van der Waals surface area contributed by atoms with Gasteiger partial charge in [0.1, 0.15) is 18.5 Å². The molecule has 0 radical (unpaired) electrons. The van der Waals surface area contributed by atoms with E-state index in [0.29, 0.717) is 35.8 Å². The summed E-state index contributed by atoms with van der Waals surface area (Å²) in [7, 11) is 0. The first-order valence-electron chi connectivity index (χ1n) is 16.1. The number of ether oxygens (including phenoxy) is 3. The van der Waals surface area contributed by atoms with E-state index in [9.17, 15) is 0 Å². The van der Waals surface area contributed by atoms with Crippen LogP contribution in [0.5, 0.6) is 5.75 Å². The lowest BCUT2D eigenvalue weighted by Gasteiger charge is -2.37. The van der Waals surface area contributed by atoms with Crippen molar-refractivity contribution >= 4 is 51.6 Å². The normalized spacial score (nSPS) is 20.2. The van der Waals surface area contributed by atoms with Crippen molar-refractivity contribution in [3.8, 4) is 5.75 Å². The van der Waals surface area contributed by atoms with Crippen molar-refractivity contribution in [2.75, 3.05) is 49.2 Å². The third kappa shape index (κ3) is 7.28. The molecule has 4 heterocycles. The van der Waals surface area contributed by atoms with E-state index in [1.165, 1.54) is 11.4 Å². The summed E-state index contributed by atoms with van der Waals surface area (Å²) >= 11 is 14.5. The second-order valence-electron chi connectivity index (χ2n) is 12.3. The van der Waals surface area contributed by atoms with Crippen LogP contribution in [0.15, 0.2) is 102 Å². The van der Waals surface area contributed by atoms with Crippen molar-refractivity contribution in [2.24, 2.45) is 4.99 Å². The molecule has 2 aromatic heterocycles. The Balaban J connectivity index is 0.943. The Morgan fingerprint density at radius 1 is 0.979 bits per heavy atom. The predicted molar refractivity (Wildman–Crippen MR) is 192 cm³/mol. The predicted octanol–water partition coefficient (Wildman–Crippen LogP) is 7.54. The fraction of sp³-hybridized carbons (Fsp3) is 0.333. The van der Waals surface area contributed by atoms with Gasteiger partial charge in [-0.25, -0.2) is 9.98 Å². The number of aromatic nitrogens is 3. The number of thiazole rings is 1. The van der Waals surface area contributed by atoms with Gasteiger partial charge in [-0.3, -0.25) is 0 Å². The molecule has 0 aliphatic carbocycles. The molecule has 2 unspecified atom stereocenters. The number of anilines is 2. The monoisotopic (exact) mass is 704 g/mol. The lowest BCUT2D eigenvalue weighted by atomic mass is 10.1. The Kier molecular flexibility index (Phi) is 9.79. The summed E-state index contributed by atoms with van der Waals surface area (Å²) in [6.07, 6.45) is 7.13. The van der Waals surface area contributed by atoms with Crippen molar-refractivity contribution in [3.63, 3.8) is 0 Å². The van der Waals surface area contributed by atoms with Gasteiger partial charge in [0.05, 0.1) is 30.2 Å². The Morgan fingerprint density at radius 2 is 1.77 bits per heavy atom. The molecule has 0 saturated carbocycles. The molecule has 2 fully saturated rings. The molecule has 2 aliphatic heterocycles. The molecule has 9 nitrogen and oxygen atoms in total. The molecule has 3 aromatic carbocycles. The molecule has 12 heteroatoms. The van der Waals surface area contributed by atoms with E-state index in [2.05, 4.69) is 81.2 Å². The summed E-state index contributed by atoms with van der Waals surface area (Å²) < 4.78 is 23.1. The van der Waals surface area contributed by atoms with Crippen molar-refractivity contribution in [3.05, 3.63) is 117 Å². The zero-order valence-electron chi connectivity index (χ0n) is 26.9. The molecule has 48 heavy (non-hydrogen) atoms. The SMILES string of the molecule is CC(C)n1ccsc1=Nc1cccc(N2CCN(c3ccc(OCC4COC(Cn5ccnc5)(c5ccc(Cl)cc5Cl)O4)cc3)CC2)c1. The minimum absolute atomic E-state index is 0.291. The maximum atomic E-state index is 6.61. The van der Waals surface area contributed by atoms with Crippen LogP contribution in [0.25, 0.3) is 0 Å². The van der Waals surface area contributed by atoms with Crippen molar-refractivity contribution in [1.29, 1.82) is 0 Å². The highest BCUT2D eigenvalue weighted by molar-refractivity contribution is 7.07. The molecule has 0 amide bonds. The van der Waals surface area contributed by atoms with Gasteiger partial charge in [-0.1, -0.05) is 35.3 Å².